The molecule has 0 radical (unpaired) electrons. The zero-order valence-electron chi connectivity index (χ0n) is 17.0. The first-order valence-electron chi connectivity index (χ1n) is 9.75. The standard InChI is InChI=1S/C25H27FO2/c1-5-21-11-13-24(28-21)20-10-12-22(17(2)14-20)23(27)15-18-6-8-19(9-7-18)16-25(3,4)26/h6-14H,5,15-16H2,1-4H3. The quantitative estimate of drug-likeness (QED) is 0.437. The van der Waals surface area contributed by atoms with Crippen LogP contribution in [0.3, 0.4) is 0 Å². The first-order valence-corrected chi connectivity index (χ1v) is 9.75. The summed E-state index contributed by atoms with van der Waals surface area (Å²) in [5.41, 5.74) is 3.28. The number of rotatable bonds is 7. The molecule has 0 amide bonds. The minimum atomic E-state index is -1.23. The molecule has 0 fully saturated rings. The minimum Gasteiger partial charge on any atom is -0.461 e. The van der Waals surface area contributed by atoms with Crippen LogP contribution >= 0.6 is 0 Å². The maximum Gasteiger partial charge on any atom is 0.167 e. The largest absolute Gasteiger partial charge is 0.461 e. The highest BCUT2D eigenvalue weighted by Crippen LogP contribution is 2.25. The number of hydrogen-bond donors (Lipinski definition) is 0. The highest BCUT2D eigenvalue weighted by molar-refractivity contribution is 5.99. The average molecular weight is 378 g/mol. The van der Waals surface area contributed by atoms with Gasteiger partial charge < -0.3 is 4.42 Å². The average Bonchev–Trinajstić information content (AvgIpc) is 3.11. The van der Waals surface area contributed by atoms with Gasteiger partial charge in [0, 0.05) is 30.4 Å². The predicted molar refractivity (Wildman–Crippen MR) is 112 cm³/mol. The number of ketones is 1. The number of carbonyl (C=O) groups is 1. The molecular formula is C25H27FO2. The summed E-state index contributed by atoms with van der Waals surface area (Å²) >= 11 is 0. The number of hydrogen-bond acceptors (Lipinski definition) is 2. The summed E-state index contributed by atoms with van der Waals surface area (Å²) in [6.45, 7) is 7.15. The van der Waals surface area contributed by atoms with Crippen molar-refractivity contribution in [3.05, 3.63) is 82.6 Å². The van der Waals surface area contributed by atoms with Gasteiger partial charge in [-0.15, -0.1) is 0 Å². The Morgan fingerprint density at radius 2 is 1.68 bits per heavy atom. The minimum absolute atomic E-state index is 0.0799. The van der Waals surface area contributed by atoms with Gasteiger partial charge in [-0.1, -0.05) is 43.3 Å². The summed E-state index contributed by atoms with van der Waals surface area (Å²) in [5, 5.41) is 0. The smallest absolute Gasteiger partial charge is 0.167 e. The highest BCUT2D eigenvalue weighted by atomic mass is 19.1. The first-order chi connectivity index (χ1) is 13.2. The van der Waals surface area contributed by atoms with E-state index in [-0.39, 0.29) is 5.78 Å². The van der Waals surface area contributed by atoms with Gasteiger partial charge in [-0.25, -0.2) is 4.39 Å². The lowest BCUT2D eigenvalue weighted by molar-refractivity contribution is 0.0992. The van der Waals surface area contributed by atoms with Crippen molar-refractivity contribution >= 4 is 5.78 Å². The molecule has 0 saturated carbocycles. The lowest BCUT2D eigenvalue weighted by Crippen LogP contribution is -2.15. The maximum absolute atomic E-state index is 13.8. The van der Waals surface area contributed by atoms with Gasteiger partial charge in [0.1, 0.15) is 17.2 Å². The van der Waals surface area contributed by atoms with Crippen molar-refractivity contribution in [3.8, 4) is 11.3 Å². The predicted octanol–water partition coefficient (Wildman–Crippen LogP) is 6.53. The molecule has 0 aliphatic rings. The molecule has 0 spiro atoms. The fourth-order valence-electron chi connectivity index (χ4n) is 3.39. The van der Waals surface area contributed by atoms with E-state index in [0.717, 1.165) is 45.8 Å². The summed E-state index contributed by atoms with van der Waals surface area (Å²) < 4.78 is 19.6. The molecule has 146 valence electrons. The molecule has 0 aliphatic carbocycles. The molecule has 0 unspecified atom stereocenters. The Kier molecular flexibility index (Phi) is 5.83. The van der Waals surface area contributed by atoms with Crippen molar-refractivity contribution in [2.75, 3.05) is 0 Å². The molecule has 28 heavy (non-hydrogen) atoms. The van der Waals surface area contributed by atoms with Crippen LogP contribution in [0, 0.1) is 6.92 Å². The molecule has 0 saturated heterocycles. The third-order valence-electron chi connectivity index (χ3n) is 4.83. The number of Topliss-reactive ketones (excluding diaryl/α,β-unsaturated/α-hetero) is 1. The summed E-state index contributed by atoms with van der Waals surface area (Å²) in [6, 6.07) is 17.4. The summed E-state index contributed by atoms with van der Waals surface area (Å²) in [7, 11) is 0. The van der Waals surface area contributed by atoms with Crippen molar-refractivity contribution < 1.29 is 13.6 Å². The Balaban J connectivity index is 1.72. The van der Waals surface area contributed by atoms with Gasteiger partial charge in [0.05, 0.1) is 0 Å². The van der Waals surface area contributed by atoms with Crippen molar-refractivity contribution in [3.63, 3.8) is 0 Å². The lowest BCUT2D eigenvalue weighted by Gasteiger charge is -2.14. The van der Waals surface area contributed by atoms with Crippen LogP contribution in [-0.2, 0) is 19.3 Å². The van der Waals surface area contributed by atoms with E-state index in [1.807, 2.05) is 61.5 Å². The van der Waals surface area contributed by atoms with E-state index in [2.05, 4.69) is 6.92 Å². The number of halogens is 1. The molecule has 0 N–H and O–H groups in total. The Labute approximate surface area is 166 Å². The zero-order valence-corrected chi connectivity index (χ0v) is 17.0. The second kappa shape index (κ2) is 8.14. The summed E-state index contributed by atoms with van der Waals surface area (Å²) in [5.74, 6) is 1.86. The zero-order chi connectivity index (χ0) is 20.3. The number of benzene rings is 2. The molecule has 3 heteroatoms. The van der Waals surface area contributed by atoms with Gasteiger partial charge >= 0.3 is 0 Å². The normalized spacial score (nSPS) is 11.6. The highest BCUT2D eigenvalue weighted by Gasteiger charge is 2.16. The van der Waals surface area contributed by atoms with Crippen LogP contribution in [0.25, 0.3) is 11.3 Å². The molecular weight excluding hydrogens is 351 g/mol. The molecule has 0 atom stereocenters. The molecule has 1 heterocycles. The second-order valence-electron chi connectivity index (χ2n) is 7.96. The Morgan fingerprint density at radius 1 is 1.00 bits per heavy atom. The fourth-order valence-corrected chi connectivity index (χ4v) is 3.39. The van der Waals surface area contributed by atoms with Gasteiger partial charge in [-0.05, 0) is 55.7 Å². The van der Waals surface area contributed by atoms with Crippen LogP contribution in [0.2, 0.25) is 0 Å². The van der Waals surface area contributed by atoms with Gasteiger partial charge in [-0.3, -0.25) is 4.79 Å². The molecule has 1 aromatic heterocycles. The van der Waals surface area contributed by atoms with E-state index in [1.54, 1.807) is 13.8 Å². The summed E-state index contributed by atoms with van der Waals surface area (Å²) in [6.07, 6.45) is 1.56. The lowest BCUT2D eigenvalue weighted by atomic mass is 9.95. The third-order valence-corrected chi connectivity index (χ3v) is 4.83. The second-order valence-corrected chi connectivity index (χ2v) is 7.96. The molecule has 3 rings (SSSR count). The van der Waals surface area contributed by atoms with Crippen molar-refractivity contribution in [1.82, 2.24) is 0 Å². The third kappa shape index (κ3) is 4.98. The molecule has 0 bridgehead atoms. The molecule has 3 aromatic rings. The van der Waals surface area contributed by atoms with Gasteiger partial charge in [0.25, 0.3) is 0 Å². The number of aryl methyl sites for hydroxylation is 2. The number of furan rings is 1. The molecule has 2 nitrogen and oxygen atoms in total. The van der Waals surface area contributed by atoms with Gasteiger partial charge in [0.2, 0.25) is 0 Å². The van der Waals surface area contributed by atoms with E-state index in [4.69, 9.17) is 4.42 Å². The van der Waals surface area contributed by atoms with Crippen molar-refractivity contribution in [2.24, 2.45) is 0 Å². The SMILES string of the molecule is CCc1ccc(-c2ccc(C(=O)Cc3ccc(CC(C)(C)F)cc3)c(C)c2)o1. The summed E-state index contributed by atoms with van der Waals surface area (Å²) in [4.78, 5) is 12.8. The van der Waals surface area contributed by atoms with Crippen LogP contribution in [0.4, 0.5) is 4.39 Å². The monoisotopic (exact) mass is 378 g/mol. The Bertz CT molecular complexity index is 959. The van der Waals surface area contributed by atoms with Crippen LogP contribution in [0.1, 0.15) is 53.6 Å². The van der Waals surface area contributed by atoms with Crippen molar-refractivity contribution in [1.29, 1.82) is 0 Å². The maximum atomic E-state index is 13.8. The van der Waals surface area contributed by atoms with E-state index in [9.17, 15) is 9.18 Å². The first kappa shape index (κ1) is 20.1. The Hall–Kier alpha value is -2.68. The van der Waals surface area contributed by atoms with Crippen LogP contribution in [0.15, 0.2) is 59.0 Å². The molecule has 0 aliphatic heterocycles. The van der Waals surface area contributed by atoms with Gasteiger partial charge in [0.15, 0.2) is 5.78 Å². The van der Waals surface area contributed by atoms with E-state index in [1.165, 1.54) is 0 Å². The topological polar surface area (TPSA) is 30.2 Å². The van der Waals surface area contributed by atoms with Crippen LogP contribution in [-0.4, -0.2) is 11.5 Å². The molecule has 2 aromatic carbocycles. The van der Waals surface area contributed by atoms with Crippen LogP contribution in [0.5, 0.6) is 0 Å². The van der Waals surface area contributed by atoms with E-state index in [0.29, 0.717) is 12.8 Å². The van der Waals surface area contributed by atoms with Crippen molar-refractivity contribution in [2.45, 2.75) is 52.6 Å². The number of alkyl halides is 1. The van der Waals surface area contributed by atoms with E-state index >= 15 is 0 Å². The van der Waals surface area contributed by atoms with Crippen LogP contribution < -0.4 is 0 Å². The Morgan fingerprint density at radius 3 is 2.25 bits per heavy atom. The number of carbonyl (C=O) groups excluding carboxylic acids is 1. The fraction of sp³-hybridized carbons (Fsp3) is 0.320. The van der Waals surface area contributed by atoms with E-state index < -0.39 is 5.67 Å². The van der Waals surface area contributed by atoms with Gasteiger partial charge in [-0.2, -0.15) is 0 Å².